The van der Waals surface area contributed by atoms with Crippen LogP contribution in [0, 0.1) is 5.92 Å². The molecule has 4 saturated heterocycles. The van der Waals surface area contributed by atoms with Crippen molar-refractivity contribution >= 4 is 22.4 Å². The van der Waals surface area contributed by atoms with Crippen LogP contribution in [0.2, 0.25) is 0 Å². The minimum atomic E-state index is -0.327. The molecule has 24 heavy (non-hydrogen) atoms. The van der Waals surface area contributed by atoms with Crippen molar-refractivity contribution in [3.05, 3.63) is 30.7 Å². The molecule has 4 aliphatic rings. The number of nitrogens with zero attached hydrogens (tertiary/aromatic N) is 4. The highest BCUT2D eigenvalue weighted by molar-refractivity contribution is 7.19. The van der Waals surface area contributed by atoms with Crippen LogP contribution in [0.4, 0.5) is 9.80 Å². The number of carbonyl (C=O) groups is 1. The molecule has 2 bridgehead atoms. The minimum Gasteiger partial charge on any atom is -0.439 e. The Hall–Kier alpha value is -1.99. The van der Waals surface area contributed by atoms with E-state index in [1.165, 1.54) is 11.3 Å². The molecule has 4 aliphatic heterocycles. The van der Waals surface area contributed by atoms with Crippen LogP contribution in [0.15, 0.2) is 30.7 Å². The number of rotatable bonds is 2. The fourth-order valence-electron chi connectivity index (χ4n) is 4.19. The molecule has 1 spiro atoms. The molecule has 1 atom stereocenters. The number of hydrogen-bond acceptors (Lipinski definition) is 6. The van der Waals surface area contributed by atoms with Crippen LogP contribution < -0.4 is 4.90 Å². The van der Waals surface area contributed by atoms with E-state index < -0.39 is 0 Å². The Bertz CT molecular complexity index is 772. The monoisotopic (exact) mass is 342 g/mol. The third kappa shape index (κ3) is 2.15. The van der Waals surface area contributed by atoms with Gasteiger partial charge in [-0.25, -0.2) is 9.78 Å². The highest BCUT2D eigenvalue weighted by Crippen LogP contribution is 2.44. The van der Waals surface area contributed by atoms with Crippen LogP contribution in [0.25, 0.3) is 10.6 Å². The lowest BCUT2D eigenvalue weighted by Crippen LogP contribution is -2.61. The number of ether oxygens (including phenoxy) is 1. The minimum absolute atomic E-state index is 0.231. The lowest BCUT2D eigenvalue weighted by Gasteiger charge is -2.49. The summed E-state index contributed by atoms with van der Waals surface area (Å²) in [7, 11) is 0. The number of amides is 1. The Kier molecular flexibility index (Phi) is 3.14. The van der Waals surface area contributed by atoms with Crippen LogP contribution in [-0.4, -0.2) is 52.7 Å². The van der Waals surface area contributed by atoms with Crippen LogP contribution in [0.5, 0.6) is 0 Å². The van der Waals surface area contributed by atoms with Crippen LogP contribution in [-0.2, 0) is 4.74 Å². The van der Waals surface area contributed by atoms with E-state index in [4.69, 9.17) is 4.74 Å². The average Bonchev–Trinajstić information content (AvgIpc) is 3.22. The zero-order chi connectivity index (χ0) is 16.1. The second-order valence-electron chi connectivity index (χ2n) is 6.81. The molecule has 1 amide bonds. The van der Waals surface area contributed by atoms with Gasteiger partial charge in [0.15, 0.2) is 0 Å². The molecular weight excluding hydrogens is 324 g/mol. The largest absolute Gasteiger partial charge is 0.439 e. The van der Waals surface area contributed by atoms with E-state index in [9.17, 15) is 4.79 Å². The summed E-state index contributed by atoms with van der Waals surface area (Å²) in [6.07, 6.45) is 7.34. The molecule has 0 aliphatic carbocycles. The van der Waals surface area contributed by atoms with Gasteiger partial charge < -0.3 is 4.74 Å². The molecular formula is C17H18N4O2S. The van der Waals surface area contributed by atoms with E-state index in [0.717, 1.165) is 48.0 Å². The third-order valence-electron chi connectivity index (χ3n) is 5.43. The lowest BCUT2D eigenvalue weighted by atomic mass is 9.75. The Labute approximate surface area is 144 Å². The quantitative estimate of drug-likeness (QED) is 0.840. The van der Waals surface area contributed by atoms with Crippen molar-refractivity contribution in [2.75, 3.05) is 31.1 Å². The highest BCUT2D eigenvalue weighted by Gasteiger charge is 2.55. The molecule has 7 heteroatoms. The molecule has 0 radical (unpaired) electrons. The fourth-order valence-corrected chi connectivity index (χ4v) is 5.09. The number of pyridine rings is 1. The summed E-state index contributed by atoms with van der Waals surface area (Å²) in [4.78, 5) is 25.3. The van der Waals surface area contributed by atoms with Crippen LogP contribution in [0.3, 0.4) is 0 Å². The van der Waals surface area contributed by atoms with E-state index in [-0.39, 0.29) is 11.7 Å². The normalized spacial score (nSPS) is 31.7. The predicted molar refractivity (Wildman–Crippen MR) is 91.1 cm³/mol. The van der Waals surface area contributed by atoms with E-state index in [1.807, 2.05) is 12.1 Å². The number of carbonyl (C=O) groups excluding carboxylic acids is 1. The average molecular weight is 342 g/mol. The number of aromatic nitrogens is 2. The van der Waals surface area contributed by atoms with Crippen molar-refractivity contribution < 1.29 is 9.53 Å². The lowest BCUT2D eigenvalue weighted by molar-refractivity contribution is -0.0881. The van der Waals surface area contributed by atoms with Crippen LogP contribution >= 0.6 is 11.3 Å². The van der Waals surface area contributed by atoms with Gasteiger partial charge in [0.1, 0.15) is 15.6 Å². The third-order valence-corrected chi connectivity index (χ3v) is 6.50. The number of fused-ring (bicyclic) bond motifs is 2. The Morgan fingerprint density at radius 3 is 2.83 bits per heavy atom. The molecule has 0 unspecified atom stereocenters. The maximum absolute atomic E-state index is 12.5. The van der Waals surface area contributed by atoms with Gasteiger partial charge in [0.05, 0.1) is 12.7 Å². The van der Waals surface area contributed by atoms with Crippen molar-refractivity contribution in [2.45, 2.75) is 18.4 Å². The number of hydrogen-bond donors (Lipinski definition) is 0. The van der Waals surface area contributed by atoms with Crippen molar-refractivity contribution in [1.82, 2.24) is 14.9 Å². The van der Waals surface area contributed by atoms with Gasteiger partial charge in [-0.15, -0.1) is 0 Å². The molecule has 6 heterocycles. The first-order chi connectivity index (χ1) is 11.7. The highest BCUT2D eigenvalue weighted by atomic mass is 32.1. The summed E-state index contributed by atoms with van der Waals surface area (Å²) in [5.74, 6) is 0.488. The molecule has 6 rings (SSSR count). The second kappa shape index (κ2) is 5.26. The molecule has 124 valence electrons. The fraction of sp³-hybridized carbons (Fsp3) is 0.471. The van der Waals surface area contributed by atoms with Gasteiger partial charge in [-0.2, -0.15) is 0 Å². The van der Waals surface area contributed by atoms with Gasteiger partial charge in [0.2, 0.25) is 0 Å². The first-order valence-electron chi connectivity index (χ1n) is 8.33. The van der Waals surface area contributed by atoms with Gasteiger partial charge in [0.25, 0.3) is 0 Å². The smallest absolute Gasteiger partial charge is 0.415 e. The Balaban J connectivity index is 1.42. The maximum Gasteiger partial charge on any atom is 0.415 e. The summed E-state index contributed by atoms with van der Waals surface area (Å²) in [5, 5.41) is 1.73. The van der Waals surface area contributed by atoms with Crippen molar-refractivity contribution in [3.63, 3.8) is 0 Å². The van der Waals surface area contributed by atoms with Gasteiger partial charge in [-0.05, 0) is 38.1 Å². The first kappa shape index (κ1) is 14.4. The number of thiazole rings is 1. The van der Waals surface area contributed by atoms with Crippen molar-refractivity contribution in [1.29, 1.82) is 0 Å². The predicted octanol–water partition coefficient (Wildman–Crippen LogP) is 2.63. The standard InChI is InChI=1S/C17H18N4O2S/c22-16-21(11-17(23-16)10-20-6-3-13(17)4-7-20)14-9-19-15(24-14)12-2-1-5-18-8-12/h1-2,5,8-9,13H,3-4,6-7,10-11H2/t17-/m0/s1. The zero-order valence-corrected chi connectivity index (χ0v) is 14.0. The Morgan fingerprint density at radius 2 is 2.12 bits per heavy atom. The van der Waals surface area contributed by atoms with Gasteiger partial charge in [0, 0.05) is 30.4 Å². The summed E-state index contributed by atoms with van der Waals surface area (Å²) in [6.45, 7) is 3.78. The summed E-state index contributed by atoms with van der Waals surface area (Å²) >= 11 is 1.51. The zero-order valence-electron chi connectivity index (χ0n) is 13.2. The summed E-state index contributed by atoms with van der Waals surface area (Å²) in [6, 6.07) is 3.87. The maximum atomic E-state index is 12.5. The molecule has 0 aromatic carbocycles. The van der Waals surface area contributed by atoms with Gasteiger partial charge in [-0.3, -0.25) is 14.8 Å². The van der Waals surface area contributed by atoms with Crippen LogP contribution in [0.1, 0.15) is 12.8 Å². The van der Waals surface area contributed by atoms with E-state index in [1.54, 1.807) is 23.5 Å². The molecule has 0 saturated carbocycles. The van der Waals surface area contributed by atoms with E-state index >= 15 is 0 Å². The summed E-state index contributed by atoms with van der Waals surface area (Å²) in [5.41, 5.74) is 0.644. The summed E-state index contributed by atoms with van der Waals surface area (Å²) < 4.78 is 5.92. The molecule has 2 aromatic heterocycles. The second-order valence-corrected chi connectivity index (χ2v) is 7.82. The Morgan fingerprint density at radius 1 is 1.25 bits per heavy atom. The topological polar surface area (TPSA) is 58.6 Å². The number of piperidine rings is 3. The van der Waals surface area contributed by atoms with Crippen molar-refractivity contribution in [2.24, 2.45) is 5.92 Å². The molecule has 6 nitrogen and oxygen atoms in total. The number of anilines is 1. The van der Waals surface area contributed by atoms with Crippen molar-refractivity contribution in [3.8, 4) is 10.6 Å². The SMILES string of the molecule is O=C1O[C@@]2(CN3CCC2CC3)CN1c1cnc(-c2cccnc2)s1. The molecule has 2 aromatic rings. The van der Waals surface area contributed by atoms with Gasteiger partial charge in [-0.1, -0.05) is 11.3 Å². The first-order valence-corrected chi connectivity index (χ1v) is 9.14. The van der Waals surface area contributed by atoms with E-state index in [0.29, 0.717) is 12.5 Å². The molecule has 0 N–H and O–H groups in total. The molecule has 4 fully saturated rings. The van der Waals surface area contributed by atoms with E-state index in [2.05, 4.69) is 14.9 Å². The van der Waals surface area contributed by atoms with Gasteiger partial charge >= 0.3 is 6.09 Å².